The zero-order chi connectivity index (χ0) is 6.69. The summed E-state index contributed by atoms with van der Waals surface area (Å²) in [5.41, 5.74) is 0. The van der Waals surface area contributed by atoms with Gasteiger partial charge in [-0.15, -0.1) is 0 Å². The van der Waals surface area contributed by atoms with Gasteiger partial charge in [0.2, 0.25) is 0 Å². The molecule has 0 radical (unpaired) electrons. The Morgan fingerprint density at radius 1 is 1.44 bits per heavy atom. The maximum Gasteiger partial charge on any atom is 0.111 e. The Bertz CT molecular complexity index is 162. The summed E-state index contributed by atoms with van der Waals surface area (Å²) in [6, 6.07) is 3.84. The summed E-state index contributed by atoms with van der Waals surface area (Å²) in [5, 5.41) is 8.64. The molecule has 3 heteroatoms. The van der Waals surface area contributed by atoms with Crippen molar-refractivity contribution >= 4 is 15.9 Å². The first-order valence-electron chi connectivity index (χ1n) is 2.72. The summed E-state index contributed by atoms with van der Waals surface area (Å²) in [7, 11) is 0. The maximum atomic E-state index is 8.64. The van der Waals surface area contributed by atoms with Crippen LogP contribution >= 0.6 is 15.9 Å². The summed E-state index contributed by atoms with van der Waals surface area (Å²) in [5.74, 6) is 0. The molecule has 0 aliphatic rings. The molecule has 9 heavy (non-hydrogen) atoms. The summed E-state index contributed by atoms with van der Waals surface area (Å²) in [6.07, 6.45) is 3.80. The van der Waals surface area contributed by atoms with Crippen molar-refractivity contribution in [2.24, 2.45) is 0 Å². The van der Waals surface area contributed by atoms with Gasteiger partial charge in [0, 0.05) is 12.4 Å². The Labute approximate surface area is 62.2 Å². The third-order valence-corrected chi connectivity index (χ3v) is 1.86. The van der Waals surface area contributed by atoms with Crippen molar-refractivity contribution in [2.75, 3.05) is 6.61 Å². The normalized spacial score (nSPS) is 13.6. The molecule has 0 saturated heterocycles. The smallest absolute Gasteiger partial charge is 0.111 e. The first-order chi connectivity index (χ1) is 4.34. The molecule has 0 fully saturated rings. The number of aliphatic hydroxyl groups is 1. The van der Waals surface area contributed by atoms with E-state index >= 15 is 0 Å². The number of rotatable bonds is 2. The number of alkyl halides is 1. The Balaban J connectivity index is 2.65. The molecule has 0 saturated carbocycles. The van der Waals surface area contributed by atoms with Gasteiger partial charge in [-0.25, -0.2) is 0 Å². The molecule has 0 aromatic carbocycles. The quantitative estimate of drug-likeness (QED) is 0.700. The van der Waals surface area contributed by atoms with Crippen molar-refractivity contribution in [1.29, 1.82) is 0 Å². The van der Waals surface area contributed by atoms with Gasteiger partial charge in [0.05, 0.1) is 6.61 Å². The molecule has 50 valence electrons. The van der Waals surface area contributed by atoms with Crippen LogP contribution in [0.1, 0.15) is 4.95 Å². The minimum atomic E-state index is 0.0208. The molecule has 1 heterocycles. The van der Waals surface area contributed by atoms with Crippen LogP contribution in [0.25, 0.3) is 0 Å². The van der Waals surface area contributed by atoms with Crippen LogP contribution in [-0.4, -0.2) is 16.3 Å². The van der Waals surface area contributed by atoms with Gasteiger partial charge in [-0.1, -0.05) is 15.9 Å². The van der Waals surface area contributed by atoms with E-state index in [1.54, 1.807) is 0 Å². The van der Waals surface area contributed by atoms with E-state index in [0.717, 1.165) is 0 Å². The summed E-state index contributed by atoms with van der Waals surface area (Å²) < 4.78 is 1.89. The van der Waals surface area contributed by atoms with Crippen molar-refractivity contribution in [1.82, 2.24) is 4.57 Å². The molecular weight excluding hydrogens is 182 g/mol. The molecule has 1 aromatic heterocycles. The lowest BCUT2D eigenvalue weighted by molar-refractivity contribution is 0.274. The first kappa shape index (κ1) is 6.83. The average Bonchev–Trinajstić information content (AvgIpc) is 2.37. The molecule has 1 rings (SSSR count). The topological polar surface area (TPSA) is 25.2 Å². The minimum Gasteiger partial charge on any atom is -0.393 e. The number of halogens is 1. The highest BCUT2D eigenvalue weighted by Crippen LogP contribution is 2.12. The molecule has 1 N–H and O–H groups in total. The van der Waals surface area contributed by atoms with Crippen LogP contribution in [0.5, 0.6) is 0 Å². The van der Waals surface area contributed by atoms with E-state index in [2.05, 4.69) is 15.9 Å². The zero-order valence-corrected chi connectivity index (χ0v) is 6.45. The van der Waals surface area contributed by atoms with E-state index in [9.17, 15) is 0 Å². The first-order valence-corrected chi connectivity index (χ1v) is 3.63. The fourth-order valence-corrected chi connectivity index (χ4v) is 0.902. The lowest BCUT2D eigenvalue weighted by atomic mass is 10.7. The largest absolute Gasteiger partial charge is 0.393 e. The Morgan fingerprint density at radius 2 is 2.00 bits per heavy atom. The van der Waals surface area contributed by atoms with Crippen LogP contribution in [0.15, 0.2) is 24.5 Å². The highest BCUT2D eigenvalue weighted by molar-refractivity contribution is 9.09. The van der Waals surface area contributed by atoms with Gasteiger partial charge in [-0.05, 0) is 12.1 Å². The van der Waals surface area contributed by atoms with E-state index < -0.39 is 0 Å². The van der Waals surface area contributed by atoms with Gasteiger partial charge in [0.25, 0.3) is 0 Å². The second-order valence-corrected chi connectivity index (χ2v) is 2.80. The second kappa shape index (κ2) is 3.03. The fourth-order valence-electron chi connectivity index (χ4n) is 0.629. The molecule has 0 bridgehead atoms. The number of hydrogen-bond donors (Lipinski definition) is 1. The van der Waals surface area contributed by atoms with Crippen molar-refractivity contribution in [3.8, 4) is 0 Å². The van der Waals surface area contributed by atoms with Crippen molar-refractivity contribution < 1.29 is 5.11 Å². The van der Waals surface area contributed by atoms with Crippen molar-refractivity contribution in [3.63, 3.8) is 0 Å². The Kier molecular flexibility index (Phi) is 2.30. The van der Waals surface area contributed by atoms with Gasteiger partial charge in [0.15, 0.2) is 0 Å². The third-order valence-electron chi connectivity index (χ3n) is 1.10. The molecule has 0 aliphatic carbocycles. The van der Waals surface area contributed by atoms with Gasteiger partial charge in [-0.3, -0.25) is 0 Å². The summed E-state index contributed by atoms with van der Waals surface area (Å²) in [4.78, 5) is 0.0208. The van der Waals surface area contributed by atoms with Gasteiger partial charge >= 0.3 is 0 Å². The SMILES string of the molecule is OCC(Br)n1cccc1. The van der Waals surface area contributed by atoms with Crippen LogP contribution < -0.4 is 0 Å². The molecule has 2 nitrogen and oxygen atoms in total. The second-order valence-electron chi connectivity index (χ2n) is 1.75. The highest BCUT2D eigenvalue weighted by atomic mass is 79.9. The van der Waals surface area contributed by atoms with E-state index in [-0.39, 0.29) is 11.6 Å². The third kappa shape index (κ3) is 1.56. The maximum absolute atomic E-state index is 8.64. The lowest BCUT2D eigenvalue weighted by Crippen LogP contribution is -2.02. The fraction of sp³-hybridized carbons (Fsp3) is 0.333. The van der Waals surface area contributed by atoms with Crippen LogP contribution in [0.2, 0.25) is 0 Å². The van der Waals surface area contributed by atoms with Crippen LogP contribution in [0, 0.1) is 0 Å². The Morgan fingerprint density at radius 3 is 2.44 bits per heavy atom. The predicted octanol–water partition coefficient (Wildman–Crippen LogP) is 1.37. The number of aromatic nitrogens is 1. The molecule has 0 amide bonds. The van der Waals surface area contributed by atoms with Gasteiger partial charge < -0.3 is 9.67 Å². The zero-order valence-electron chi connectivity index (χ0n) is 4.87. The summed E-state index contributed by atoms with van der Waals surface area (Å²) in [6.45, 7) is 0.120. The van der Waals surface area contributed by atoms with Gasteiger partial charge in [0.1, 0.15) is 4.95 Å². The van der Waals surface area contributed by atoms with E-state index in [1.165, 1.54) is 0 Å². The lowest BCUT2D eigenvalue weighted by Gasteiger charge is -2.06. The number of nitrogens with zero attached hydrogens (tertiary/aromatic N) is 1. The molecule has 0 spiro atoms. The Hall–Kier alpha value is -0.280. The van der Waals surface area contributed by atoms with E-state index in [1.807, 2.05) is 29.1 Å². The number of aliphatic hydroxyl groups excluding tert-OH is 1. The predicted molar refractivity (Wildman–Crippen MR) is 39.5 cm³/mol. The van der Waals surface area contributed by atoms with Crippen molar-refractivity contribution in [2.45, 2.75) is 4.95 Å². The van der Waals surface area contributed by atoms with Crippen LogP contribution in [0.4, 0.5) is 0 Å². The van der Waals surface area contributed by atoms with Crippen LogP contribution in [0.3, 0.4) is 0 Å². The number of hydrogen-bond acceptors (Lipinski definition) is 1. The van der Waals surface area contributed by atoms with Crippen molar-refractivity contribution in [3.05, 3.63) is 24.5 Å². The molecule has 1 unspecified atom stereocenters. The average molecular weight is 190 g/mol. The minimum absolute atomic E-state index is 0.0208. The standard InChI is InChI=1S/C6H8BrNO/c7-6(5-9)8-3-1-2-4-8/h1-4,6,9H,5H2. The van der Waals surface area contributed by atoms with E-state index in [0.29, 0.717) is 0 Å². The highest BCUT2D eigenvalue weighted by Gasteiger charge is 1.99. The monoisotopic (exact) mass is 189 g/mol. The molecule has 0 aliphatic heterocycles. The summed E-state index contributed by atoms with van der Waals surface area (Å²) >= 11 is 3.28. The molecular formula is C6H8BrNO. The van der Waals surface area contributed by atoms with Crippen LogP contribution in [-0.2, 0) is 0 Å². The molecule has 1 aromatic rings. The van der Waals surface area contributed by atoms with Gasteiger partial charge in [-0.2, -0.15) is 0 Å². The van der Waals surface area contributed by atoms with E-state index in [4.69, 9.17) is 5.11 Å². The molecule has 1 atom stereocenters.